The van der Waals surface area contributed by atoms with Gasteiger partial charge in [0, 0.05) is 110 Å². The summed E-state index contributed by atoms with van der Waals surface area (Å²) in [7, 11) is -15.0. The minimum Gasteiger partial charge on any atom is -0.493 e. The van der Waals surface area contributed by atoms with Gasteiger partial charge in [0.1, 0.15) is 69.0 Å². The average Bonchev–Trinajstić information content (AvgIpc) is 1.59. The van der Waals surface area contributed by atoms with Gasteiger partial charge in [-0.2, -0.15) is 21.8 Å². The predicted octanol–water partition coefficient (Wildman–Crippen LogP) is 17.0. The SMILES string of the molecule is CC(C)COc1cc(F)cc(-c2ccc(C(=O)NS(=O)(=O)c3cccc(N)n3)c(N3CCCC4CC43)n2)c1.CC(C)COc1cc(F)cc(-c2ccc(C(=O)NS(=O)(=O)c3cccnc3)c(N3C[C@@H](C)CC3(C)C)n2)c1.CC1CN(c2nc(OC(C)C3CC3)c(F)cc2C(=O)NS(=O)(=O)c2cccc(N)n2)C(C)(C)C1.Cc1cccc(CN(C)c2cccc(S(=O)(=O)NC(=O)c3cccnc3N3CC(C)CC3(C)C)c2)c1. The van der Waals surface area contributed by atoms with E-state index in [1.807, 2.05) is 106 Å². The number of nitrogens with zero attached hydrogens (tertiary/aromatic N) is 12. The number of nitrogen functional groups attached to an aromatic ring is 2. The molecular weight excluding hydrogens is 1950 g/mol. The molecule has 2 saturated carbocycles. The number of amides is 4. The summed E-state index contributed by atoms with van der Waals surface area (Å²) in [6.07, 6.45) is 11.8. The maximum Gasteiger partial charge on any atom is 0.281 e. The first-order valence-electron chi connectivity index (χ1n) is 48.6. The lowest BCUT2D eigenvalue weighted by Crippen LogP contribution is -2.41. The van der Waals surface area contributed by atoms with Crippen LogP contribution in [0.1, 0.15) is 201 Å². The van der Waals surface area contributed by atoms with Crippen LogP contribution < -0.4 is 69.1 Å². The molecule has 4 aromatic carbocycles. The molecule has 8 N–H and O–H groups in total. The number of aromatic nitrogens is 7. The summed E-state index contributed by atoms with van der Waals surface area (Å²) < 4.78 is 173. The highest BCUT2D eigenvalue weighted by atomic mass is 32.2. The van der Waals surface area contributed by atoms with E-state index in [9.17, 15) is 61.6 Å². The molecule has 17 rings (SSSR count). The summed E-state index contributed by atoms with van der Waals surface area (Å²) in [6.45, 7) is 34.8. The summed E-state index contributed by atoms with van der Waals surface area (Å²) in [5.74, 6) is -0.614. The Bertz CT molecular complexity index is 7170. The van der Waals surface area contributed by atoms with E-state index in [1.165, 1.54) is 109 Å². The van der Waals surface area contributed by atoms with E-state index in [-0.39, 0.29) is 101 Å². The van der Waals surface area contributed by atoms with E-state index in [0.717, 1.165) is 75.2 Å². The van der Waals surface area contributed by atoms with Crippen molar-refractivity contribution in [3.8, 4) is 39.9 Å². The van der Waals surface area contributed by atoms with Crippen LogP contribution in [0.3, 0.4) is 0 Å². The molecule has 5 unspecified atom stereocenters. The highest BCUT2D eigenvalue weighted by Crippen LogP contribution is 2.48. The third-order valence-electron chi connectivity index (χ3n) is 26.0. The maximum atomic E-state index is 15.0. The highest BCUT2D eigenvalue weighted by Gasteiger charge is 2.48. The van der Waals surface area contributed by atoms with E-state index in [0.29, 0.717) is 120 Å². The van der Waals surface area contributed by atoms with Gasteiger partial charge in [-0.05, 0) is 275 Å². The number of nitrogens with one attached hydrogen (secondary N) is 4. The largest absolute Gasteiger partial charge is 0.493 e. The third-order valence-corrected chi connectivity index (χ3v) is 31.1. The van der Waals surface area contributed by atoms with Gasteiger partial charge in [0.05, 0.1) is 51.8 Å². The Labute approximate surface area is 852 Å². The normalized spacial score (nSPS) is 18.3. The van der Waals surface area contributed by atoms with Crippen LogP contribution in [-0.2, 0) is 46.6 Å². The molecule has 6 fully saturated rings. The molecule has 4 amide bonds. The van der Waals surface area contributed by atoms with Crippen molar-refractivity contribution in [1.82, 2.24) is 53.8 Å². The van der Waals surface area contributed by atoms with Gasteiger partial charge in [0.25, 0.3) is 69.6 Å². The smallest absolute Gasteiger partial charge is 0.281 e. The molecule has 11 aromatic rings. The number of carbonyl (C=O) groups excluding carboxylic acids is 4. The van der Waals surface area contributed by atoms with E-state index in [1.54, 1.807) is 54.7 Å². The van der Waals surface area contributed by atoms with Crippen LogP contribution in [0, 0.1) is 65.8 Å². The number of anilines is 7. The second kappa shape index (κ2) is 44.4. The van der Waals surface area contributed by atoms with Crippen LogP contribution >= 0.6 is 0 Å². The lowest BCUT2D eigenvalue weighted by molar-refractivity contribution is 0.0971. The molecule has 33 nitrogen and oxygen atoms in total. The van der Waals surface area contributed by atoms with Crippen LogP contribution in [0.2, 0.25) is 0 Å². The Morgan fingerprint density at radius 2 is 0.959 bits per heavy atom. The average molecular weight is 2080 g/mol. The van der Waals surface area contributed by atoms with Gasteiger partial charge in [-0.25, -0.2) is 73.8 Å². The van der Waals surface area contributed by atoms with Gasteiger partial charge >= 0.3 is 0 Å². The van der Waals surface area contributed by atoms with Crippen molar-refractivity contribution in [3.63, 3.8) is 0 Å². The molecule has 4 aliphatic heterocycles. The van der Waals surface area contributed by atoms with Crippen molar-refractivity contribution in [2.75, 3.05) is 82.4 Å². The second-order valence-electron chi connectivity index (χ2n) is 41.2. The number of hydrogen-bond acceptors (Lipinski definition) is 29. The summed E-state index contributed by atoms with van der Waals surface area (Å²) in [4.78, 5) is 92.9. The number of pyridine rings is 7. The maximum absolute atomic E-state index is 15.0. The van der Waals surface area contributed by atoms with Gasteiger partial charge < -0.3 is 50.2 Å². The Balaban J connectivity index is 0.000000154. The first kappa shape index (κ1) is 108. The molecule has 6 atom stereocenters. The summed E-state index contributed by atoms with van der Waals surface area (Å²) in [6, 6.07) is 45.4. The van der Waals surface area contributed by atoms with Crippen LogP contribution in [0.5, 0.6) is 17.4 Å². The molecule has 7 aromatic heterocycles. The second-order valence-corrected chi connectivity index (χ2v) is 47.9. The van der Waals surface area contributed by atoms with E-state index < -0.39 is 86.2 Å². The van der Waals surface area contributed by atoms with Crippen LogP contribution in [0.4, 0.5) is 53.8 Å². The zero-order valence-corrected chi connectivity index (χ0v) is 88.0. The molecule has 6 aliphatic rings. The minimum absolute atomic E-state index is 0.0113. The first-order valence-corrected chi connectivity index (χ1v) is 54.5. The van der Waals surface area contributed by atoms with Gasteiger partial charge in [0.15, 0.2) is 15.9 Å². The number of hydrogen-bond donors (Lipinski definition) is 6. The lowest BCUT2D eigenvalue weighted by atomic mass is 9.97. The fourth-order valence-corrected chi connectivity index (χ4v) is 22.9. The van der Waals surface area contributed by atoms with Crippen molar-refractivity contribution >= 4 is 104 Å². The van der Waals surface area contributed by atoms with Crippen LogP contribution in [0.25, 0.3) is 22.5 Å². The van der Waals surface area contributed by atoms with Crippen molar-refractivity contribution < 1.29 is 80.2 Å². The van der Waals surface area contributed by atoms with Gasteiger partial charge in [-0.3, -0.25) is 24.2 Å². The van der Waals surface area contributed by atoms with Crippen molar-refractivity contribution in [3.05, 3.63) is 245 Å². The Kier molecular flexibility index (Phi) is 32.9. The van der Waals surface area contributed by atoms with Crippen LogP contribution in [-0.4, -0.2) is 167 Å². The highest BCUT2D eigenvalue weighted by molar-refractivity contribution is 7.91. The van der Waals surface area contributed by atoms with E-state index >= 15 is 4.39 Å². The number of nitrogens with two attached hydrogens (primary N) is 2. The number of aryl methyl sites for hydroxylation is 1. The lowest BCUT2D eigenvalue weighted by Gasteiger charge is -2.34. The van der Waals surface area contributed by atoms with Gasteiger partial charge in [0.2, 0.25) is 0 Å². The number of halogens is 3. The third kappa shape index (κ3) is 26.8. The van der Waals surface area contributed by atoms with E-state index in [4.69, 9.17) is 35.6 Å². The molecule has 2 aliphatic carbocycles. The fraction of sp³-hybridized carbons (Fsp3) is 0.406. The Hall–Kier alpha value is -13.6. The molecule has 11 heterocycles. The predicted molar refractivity (Wildman–Crippen MR) is 555 cm³/mol. The molecule has 0 spiro atoms. The summed E-state index contributed by atoms with van der Waals surface area (Å²) in [5.41, 5.74) is 15.5. The molecule has 0 bridgehead atoms. The molecule has 40 heteroatoms. The topological polar surface area (TPSA) is 439 Å². The Morgan fingerprint density at radius 3 is 1.45 bits per heavy atom. The zero-order chi connectivity index (χ0) is 106. The number of benzene rings is 4. The number of rotatable bonds is 30. The quantitative estimate of drug-likeness (QED) is 0.0243. The molecule has 776 valence electrons. The standard InChI is InChI=1S/C28H33FN4O4S.C28H34N4O3S.C27H30FN5O4S.C23H30FN5O4S/c1-18(2)17-37-22-12-20(11-21(29)13-22)25-9-8-24(26(31-25)33-16-19(3)14-28(33,4)5)27(34)32-38(35,36)23-7-6-10-30-15-23;1-20-9-6-10-22(15-20)19-31(5)23-11-7-12-24(16-23)36(34,35)30-27(33)25-13-8-14-29-26(25)32-18-21(2)17-28(32,3)4;1-16(2)15-37-20-12-18(11-19(28)14-20)22-9-8-21(26(30-22)33-10-4-5-17-13-23(17)33)27(34)32-38(35,36)25-7-3-6-24(29)31-25;1-13-11-23(3,4)29(12-13)20-16(10-17(24)22(27-20)33-14(2)15-8-9-15)21(30)28-34(31,32)19-7-5-6-18(25)26-19/h6-13,15,18-19H,14,16-17H2,1-5H3,(H,32,34);6-16,21H,17-19H2,1-5H3,(H,30,33);3,6-9,11-12,14,16-17,23H,4-5,10,13,15H2,1-2H3,(H2,29,31)(H,32,34);5-7,10,13-15H,8-9,11-12H2,1-4H3,(H2,25,26)(H,28,30)/t19-;;;/m0.../s1. The Morgan fingerprint density at radius 1 is 0.493 bits per heavy atom. The van der Waals surface area contributed by atoms with Crippen molar-refractivity contribution in [2.45, 2.75) is 210 Å². The molecule has 146 heavy (non-hydrogen) atoms. The van der Waals surface area contributed by atoms with Gasteiger partial charge in [-0.1, -0.05) is 96.5 Å². The summed E-state index contributed by atoms with van der Waals surface area (Å²) in [5, 5.41) is -0.768. The molecule has 0 radical (unpaired) electrons. The van der Waals surface area contributed by atoms with Crippen molar-refractivity contribution in [1.29, 1.82) is 0 Å². The molecule has 4 saturated heterocycles. The number of ether oxygens (including phenoxy) is 3. The fourth-order valence-electron chi connectivity index (χ4n) is 19.1. The van der Waals surface area contributed by atoms with Gasteiger partial charge in [-0.15, -0.1) is 0 Å². The zero-order valence-electron chi connectivity index (χ0n) is 84.7. The number of fused-ring (bicyclic) bond motifs is 1. The van der Waals surface area contributed by atoms with Crippen LogP contribution in [0.15, 0.2) is 214 Å². The monoisotopic (exact) mass is 2080 g/mol. The first-order chi connectivity index (χ1) is 68.8. The number of carbonyl (C=O) groups is 4. The number of piperidine rings is 1. The molecular formula is C106H127F3N18O15S4. The number of sulfonamides is 4. The minimum atomic E-state index is -4.35. The summed E-state index contributed by atoms with van der Waals surface area (Å²) >= 11 is 0. The van der Waals surface area contributed by atoms with Crippen molar-refractivity contribution in [2.24, 2.45) is 41.4 Å². The van der Waals surface area contributed by atoms with E-state index in [2.05, 4.69) is 103 Å².